The van der Waals surface area contributed by atoms with Gasteiger partial charge in [-0.3, -0.25) is 0 Å². The van der Waals surface area contributed by atoms with Crippen molar-refractivity contribution in [2.45, 2.75) is 25.7 Å². The average molecular weight is 286 g/mol. The van der Waals surface area contributed by atoms with Gasteiger partial charge in [-0.05, 0) is 30.3 Å². The van der Waals surface area contributed by atoms with Gasteiger partial charge >= 0.3 is 0 Å². The lowest BCUT2D eigenvalue weighted by atomic mass is 9.96. The normalized spacial score (nSPS) is 18.2. The van der Waals surface area contributed by atoms with Crippen molar-refractivity contribution in [1.82, 2.24) is 4.98 Å². The van der Waals surface area contributed by atoms with Gasteiger partial charge in [-0.25, -0.2) is 9.37 Å². The molecule has 0 amide bonds. The first-order valence-corrected chi connectivity index (χ1v) is 7.23. The van der Waals surface area contributed by atoms with Crippen molar-refractivity contribution in [3.05, 3.63) is 47.4 Å². The maximum Gasteiger partial charge on any atom is 0.149 e. The van der Waals surface area contributed by atoms with Crippen LogP contribution in [0.1, 0.15) is 36.9 Å². The summed E-state index contributed by atoms with van der Waals surface area (Å²) in [7, 11) is 0. The Balaban J connectivity index is 2.16. The van der Waals surface area contributed by atoms with Crippen molar-refractivity contribution in [3.63, 3.8) is 0 Å². The molecule has 1 aromatic heterocycles. The first-order chi connectivity index (χ1) is 10.1. The molecule has 1 aliphatic heterocycles. The van der Waals surface area contributed by atoms with Gasteiger partial charge in [-0.2, -0.15) is 0 Å². The van der Waals surface area contributed by atoms with Gasteiger partial charge in [0.15, 0.2) is 0 Å². The quantitative estimate of drug-likeness (QED) is 0.940. The molecule has 1 aromatic carbocycles. The van der Waals surface area contributed by atoms with E-state index in [4.69, 9.17) is 15.5 Å². The lowest BCUT2D eigenvalue weighted by Gasteiger charge is -2.14. The molecule has 3 nitrogen and oxygen atoms in total. The summed E-state index contributed by atoms with van der Waals surface area (Å²) in [6, 6.07) is 8.46. The number of aromatic nitrogens is 1. The Kier molecular flexibility index (Phi) is 3.64. The molecular weight excluding hydrogens is 267 g/mol. The molecule has 0 aliphatic carbocycles. The topological polar surface area (TPSA) is 48.1 Å². The van der Waals surface area contributed by atoms with E-state index in [0.29, 0.717) is 19.1 Å². The molecule has 110 valence electrons. The summed E-state index contributed by atoms with van der Waals surface area (Å²) >= 11 is 0. The lowest BCUT2D eigenvalue weighted by molar-refractivity contribution is 0.337. The van der Waals surface area contributed by atoms with Crippen LogP contribution in [-0.2, 0) is 0 Å². The minimum absolute atomic E-state index is 0.183. The van der Waals surface area contributed by atoms with Crippen LogP contribution in [-0.4, -0.2) is 18.1 Å². The fraction of sp³-hybridized carbons (Fsp3) is 0.353. The summed E-state index contributed by atoms with van der Waals surface area (Å²) in [6.45, 7) is 5.40. The number of rotatable bonds is 3. The Bertz CT molecular complexity index is 655. The zero-order chi connectivity index (χ0) is 15.0. The van der Waals surface area contributed by atoms with E-state index in [0.717, 1.165) is 22.7 Å². The lowest BCUT2D eigenvalue weighted by Crippen LogP contribution is -2.11. The van der Waals surface area contributed by atoms with Crippen LogP contribution in [0.5, 0.6) is 5.75 Å². The number of benzene rings is 1. The molecule has 2 unspecified atom stereocenters. The Morgan fingerprint density at radius 1 is 1.38 bits per heavy atom. The summed E-state index contributed by atoms with van der Waals surface area (Å²) in [5, 5.41) is 0. The summed E-state index contributed by atoms with van der Waals surface area (Å²) in [4.78, 5) is 4.72. The standard InChI is InChI=1S/C17H19FN2O/c1-10(8-19)15-7-14-11(2)9-21-17(14)16(20-15)12-3-5-13(18)6-4-12/h3-7,10-11H,8-9,19H2,1-2H3. The van der Waals surface area contributed by atoms with E-state index in [1.165, 1.54) is 17.7 Å². The highest BCUT2D eigenvalue weighted by Crippen LogP contribution is 2.41. The van der Waals surface area contributed by atoms with E-state index >= 15 is 0 Å². The van der Waals surface area contributed by atoms with Crippen LogP contribution >= 0.6 is 0 Å². The molecule has 0 spiro atoms. The van der Waals surface area contributed by atoms with Gasteiger partial charge in [0.1, 0.15) is 17.3 Å². The van der Waals surface area contributed by atoms with Crippen molar-refractivity contribution in [1.29, 1.82) is 0 Å². The number of hydrogen-bond donors (Lipinski definition) is 1. The van der Waals surface area contributed by atoms with E-state index < -0.39 is 0 Å². The number of halogens is 1. The Hall–Kier alpha value is -1.94. The number of fused-ring (bicyclic) bond motifs is 1. The molecule has 0 radical (unpaired) electrons. The number of nitrogens with zero attached hydrogens (tertiary/aromatic N) is 1. The third kappa shape index (κ3) is 2.51. The van der Waals surface area contributed by atoms with Crippen LogP contribution in [0.3, 0.4) is 0 Å². The Labute approximate surface area is 124 Å². The van der Waals surface area contributed by atoms with E-state index in [9.17, 15) is 4.39 Å². The molecule has 0 fully saturated rings. The second kappa shape index (κ2) is 5.45. The predicted molar refractivity (Wildman–Crippen MR) is 81.0 cm³/mol. The van der Waals surface area contributed by atoms with Gasteiger partial charge in [-0.15, -0.1) is 0 Å². The predicted octanol–water partition coefficient (Wildman–Crippen LogP) is 3.45. The summed E-state index contributed by atoms with van der Waals surface area (Å²) < 4.78 is 18.9. The number of hydrogen-bond acceptors (Lipinski definition) is 3. The van der Waals surface area contributed by atoms with Gasteiger partial charge in [0.2, 0.25) is 0 Å². The van der Waals surface area contributed by atoms with Crippen molar-refractivity contribution < 1.29 is 9.13 Å². The monoisotopic (exact) mass is 286 g/mol. The van der Waals surface area contributed by atoms with E-state index in [1.54, 1.807) is 12.1 Å². The van der Waals surface area contributed by atoms with E-state index in [-0.39, 0.29) is 11.7 Å². The first-order valence-electron chi connectivity index (χ1n) is 7.23. The molecule has 2 aromatic rings. The fourth-order valence-electron chi connectivity index (χ4n) is 2.57. The van der Waals surface area contributed by atoms with E-state index in [2.05, 4.69) is 19.9 Å². The number of pyridine rings is 1. The third-order valence-electron chi connectivity index (χ3n) is 4.01. The third-order valence-corrected chi connectivity index (χ3v) is 4.01. The van der Waals surface area contributed by atoms with Crippen LogP contribution in [0.4, 0.5) is 4.39 Å². The molecule has 0 bridgehead atoms. The minimum Gasteiger partial charge on any atom is -0.490 e. The maximum atomic E-state index is 13.1. The van der Waals surface area contributed by atoms with Gasteiger partial charge in [0, 0.05) is 35.2 Å². The zero-order valence-corrected chi connectivity index (χ0v) is 12.3. The second-order valence-corrected chi connectivity index (χ2v) is 5.67. The van der Waals surface area contributed by atoms with Crippen LogP contribution in [0.15, 0.2) is 30.3 Å². The summed E-state index contributed by atoms with van der Waals surface area (Å²) in [5.41, 5.74) is 9.56. The highest BCUT2D eigenvalue weighted by Gasteiger charge is 2.26. The van der Waals surface area contributed by atoms with Crippen LogP contribution in [0, 0.1) is 5.82 Å². The van der Waals surface area contributed by atoms with E-state index in [1.807, 2.05) is 0 Å². The molecule has 2 atom stereocenters. The molecular formula is C17H19FN2O. The minimum atomic E-state index is -0.254. The van der Waals surface area contributed by atoms with Crippen molar-refractivity contribution >= 4 is 0 Å². The van der Waals surface area contributed by atoms with Gasteiger partial charge in [0.25, 0.3) is 0 Å². The fourth-order valence-corrected chi connectivity index (χ4v) is 2.57. The van der Waals surface area contributed by atoms with Gasteiger partial charge in [-0.1, -0.05) is 13.8 Å². The van der Waals surface area contributed by atoms with Gasteiger partial charge in [0.05, 0.1) is 6.61 Å². The molecule has 3 rings (SSSR count). The molecule has 2 heterocycles. The van der Waals surface area contributed by atoms with Crippen LogP contribution in [0.2, 0.25) is 0 Å². The SMILES string of the molecule is CC(CN)c1cc2c(c(-c3ccc(F)cc3)n1)OCC2C. The highest BCUT2D eigenvalue weighted by atomic mass is 19.1. The number of nitrogens with two attached hydrogens (primary N) is 1. The number of ether oxygens (including phenoxy) is 1. The Morgan fingerprint density at radius 3 is 2.76 bits per heavy atom. The highest BCUT2D eigenvalue weighted by molar-refractivity contribution is 5.70. The van der Waals surface area contributed by atoms with Gasteiger partial charge < -0.3 is 10.5 Å². The summed E-state index contributed by atoms with van der Waals surface area (Å²) in [5.74, 6) is 1.09. The second-order valence-electron chi connectivity index (χ2n) is 5.67. The van der Waals surface area contributed by atoms with Crippen LogP contribution < -0.4 is 10.5 Å². The first kappa shape index (κ1) is 14.0. The van der Waals surface area contributed by atoms with Crippen LogP contribution in [0.25, 0.3) is 11.3 Å². The zero-order valence-electron chi connectivity index (χ0n) is 12.3. The molecule has 4 heteroatoms. The maximum absolute atomic E-state index is 13.1. The summed E-state index contributed by atoms with van der Waals surface area (Å²) in [6.07, 6.45) is 0. The molecule has 1 aliphatic rings. The van der Waals surface area contributed by atoms with Crippen molar-refractivity contribution in [2.24, 2.45) is 5.73 Å². The molecule has 21 heavy (non-hydrogen) atoms. The molecule has 0 saturated carbocycles. The van der Waals surface area contributed by atoms with Crippen molar-refractivity contribution in [3.8, 4) is 17.0 Å². The molecule has 2 N–H and O–H groups in total. The Morgan fingerprint density at radius 2 is 2.10 bits per heavy atom. The largest absolute Gasteiger partial charge is 0.490 e. The average Bonchev–Trinajstić information content (AvgIpc) is 2.88. The van der Waals surface area contributed by atoms with Crippen molar-refractivity contribution in [2.75, 3.05) is 13.2 Å². The smallest absolute Gasteiger partial charge is 0.149 e. The molecule has 0 saturated heterocycles.